The highest BCUT2D eigenvalue weighted by Gasteiger charge is 2.49. The number of nitrogens with zero attached hydrogens (tertiary/aromatic N) is 2. The number of hydrogen-bond donors (Lipinski definition) is 4. The predicted molar refractivity (Wildman–Crippen MR) is 246 cm³/mol. The third-order valence-electron chi connectivity index (χ3n) is 13.4. The molecule has 4 N–H and O–H groups in total. The fourth-order valence-corrected chi connectivity index (χ4v) is 9.65. The van der Waals surface area contributed by atoms with E-state index in [1.807, 2.05) is 32.1 Å². The summed E-state index contributed by atoms with van der Waals surface area (Å²) in [5.74, 6) is -4.65. The molecule has 0 aromatic carbocycles. The fourth-order valence-electron chi connectivity index (χ4n) is 9.65. The van der Waals surface area contributed by atoms with E-state index < -0.39 is 65.9 Å². The van der Waals surface area contributed by atoms with E-state index in [1.165, 1.54) is 4.90 Å². The average Bonchev–Trinajstić information content (AvgIpc) is 3.25. The van der Waals surface area contributed by atoms with Crippen LogP contribution in [0.15, 0.2) is 53.1 Å². The molecule has 0 spiro atoms. The lowest BCUT2D eigenvalue weighted by atomic mass is 9.83. The van der Waals surface area contributed by atoms with Crippen molar-refractivity contribution < 1.29 is 53.8 Å². The Morgan fingerprint density at radius 2 is 1.63 bits per heavy atom. The van der Waals surface area contributed by atoms with Gasteiger partial charge in [0.05, 0.1) is 24.4 Å². The highest BCUT2D eigenvalue weighted by atomic mass is 16.6. The van der Waals surface area contributed by atoms with Crippen LogP contribution in [0.1, 0.15) is 138 Å². The van der Waals surface area contributed by atoms with Gasteiger partial charge in [0, 0.05) is 58.7 Å². The molecule has 0 aromatic heterocycles. The molecule has 3 fully saturated rings. The summed E-state index contributed by atoms with van der Waals surface area (Å²) in [5, 5.41) is 44.8. The highest BCUT2D eigenvalue weighted by Crippen LogP contribution is 2.34. The Bertz CT molecular complexity index is 1580. The molecule has 2 heterocycles. The summed E-state index contributed by atoms with van der Waals surface area (Å²) in [4.78, 5) is 47.8. The lowest BCUT2D eigenvalue weighted by Gasteiger charge is -2.39. The van der Waals surface area contributed by atoms with Crippen LogP contribution in [-0.2, 0) is 33.3 Å². The summed E-state index contributed by atoms with van der Waals surface area (Å²) < 4.78 is 23.7. The van der Waals surface area contributed by atoms with Crippen LogP contribution in [0.25, 0.3) is 0 Å². The maximum absolute atomic E-state index is 14.2. The number of carbonyl (C=O) groups is 3. The van der Waals surface area contributed by atoms with Crippen molar-refractivity contribution in [2.24, 2.45) is 28.7 Å². The van der Waals surface area contributed by atoms with Crippen molar-refractivity contribution in [2.45, 2.75) is 192 Å². The van der Waals surface area contributed by atoms with Gasteiger partial charge in [0.2, 0.25) is 5.79 Å². The number of amides is 1. The molecule has 13 nitrogen and oxygen atoms in total. The molecule has 0 bridgehead atoms. The molecule has 2 aliphatic heterocycles. The van der Waals surface area contributed by atoms with E-state index in [0.29, 0.717) is 68.8 Å². The van der Waals surface area contributed by atoms with E-state index in [1.54, 1.807) is 40.3 Å². The second kappa shape index (κ2) is 26.8. The molecule has 2 saturated heterocycles. The van der Waals surface area contributed by atoms with Crippen molar-refractivity contribution >= 4 is 23.4 Å². The quantitative estimate of drug-likeness (QED) is 0.0258. The Morgan fingerprint density at radius 1 is 0.937 bits per heavy atom. The lowest BCUT2D eigenvalue weighted by Crippen LogP contribution is -2.58. The minimum atomic E-state index is -2.35. The number of ketones is 1. The smallest absolute Gasteiger partial charge is 0.329 e. The zero-order valence-corrected chi connectivity index (χ0v) is 39.9. The van der Waals surface area contributed by atoms with Crippen LogP contribution in [0, 0.1) is 23.7 Å². The van der Waals surface area contributed by atoms with Crippen molar-refractivity contribution in [1.29, 1.82) is 0 Å². The van der Waals surface area contributed by atoms with Gasteiger partial charge in [-0.25, -0.2) is 4.79 Å². The summed E-state index contributed by atoms with van der Waals surface area (Å²) in [7, 11) is 4.85. The van der Waals surface area contributed by atoms with Gasteiger partial charge in [-0.2, -0.15) is 0 Å². The van der Waals surface area contributed by atoms with Crippen molar-refractivity contribution in [3.63, 3.8) is 0 Å². The van der Waals surface area contributed by atoms with E-state index in [2.05, 4.69) is 32.3 Å². The van der Waals surface area contributed by atoms with E-state index in [9.17, 15) is 34.8 Å². The summed E-state index contributed by atoms with van der Waals surface area (Å²) in [6.07, 6.45) is 12.7. The molecule has 358 valence electrons. The van der Waals surface area contributed by atoms with E-state index in [4.69, 9.17) is 18.9 Å². The number of ether oxygens (including phenoxy) is 4. The first-order valence-electron chi connectivity index (χ1n) is 23.6. The molecular weight excluding hydrogens is 805 g/mol. The molecule has 10 atom stereocenters. The standard InChI is InChI=1S/C50H82N2O11/c1-11-12-13-17-33(4)43(60-9)31-40-18-16-26-50(59,63-40)47(56)48(57)52-27-15-14-19-41(52)49(58)62-39(25-22-37-20-23-38(53)24-21-37)30-42(54)34(5)29-36(7)45(55)46(61-10)44(51-8)35(6)28-32(2)3/h11-13,17,29,32,34-35,37-43,45-46,53-55,59H,1,14-16,18-28,30-31H2,2-10H3/b13-12+,33-17+,36-29+,51-44+/t34-,35-,37-,38-,39-,40+,41+,42-,43+,45-,46+,50-/m1/s1. The van der Waals surface area contributed by atoms with Gasteiger partial charge in [-0.15, -0.1) is 0 Å². The van der Waals surface area contributed by atoms with Crippen LogP contribution in [0.2, 0.25) is 0 Å². The van der Waals surface area contributed by atoms with E-state index >= 15 is 0 Å². The van der Waals surface area contributed by atoms with Crippen molar-refractivity contribution in [3.05, 3.63) is 48.1 Å². The van der Waals surface area contributed by atoms with Gasteiger partial charge in [-0.3, -0.25) is 14.6 Å². The normalized spacial score (nSPS) is 27.7. The molecular formula is C50H82N2O11. The maximum Gasteiger partial charge on any atom is 0.329 e. The van der Waals surface area contributed by atoms with Gasteiger partial charge in [-0.1, -0.05) is 64.7 Å². The first-order valence-corrected chi connectivity index (χ1v) is 23.6. The number of methoxy groups -OCH3 is 2. The Hall–Kier alpha value is -3.04. The summed E-state index contributed by atoms with van der Waals surface area (Å²) in [6.45, 7) is 15.8. The number of rotatable bonds is 24. The molecule has 0 aromatic rings. The van der Waals surface area contributed by atoms with Crippen LogP contribution < -0.4 is 0 Å². The summed E-state index contributed by atoms with van der Waals surface area (Å²) >= 11 is 0. The SMILES string of the molecule is C=C/C=C/C=C(\C)[C@H](C[C@@H]1CCC[C@](O)(C(=O)C(=O)N2CCCC[C@H]2C(=O)O[C@H](CC[C@H]2CC[C@H](O)CC2)C[C@@H](O)[C@H](C)/C=C(\C)[C@@H](O)[C@@H](OC)/C(=N/C)[C@H](C)CC(C)C)O1)OC. The van der Waals surface area contributed by atoms with Crippen LogP contribution in [0.3, 0.4) is 0 Å². The van der Waals surface area contributed by atoms with Gasteiger partial charge < -0.3 is 44.3 Å². The van der Waals surface area contributed by atoms with Gasteiger partial charge in [-0.05, 0) is 120 Å². The number of aliphatic hydroxyl groups is 4. The molecule has 63 heavy (non-hydrogen) atoms. The number of hydrogen-bond acceptors (Lipinski definition) is 12. The summed E-state index contributed by atoms with van der Waals surface area (Å²) in [6, 6.07) is -1.05. The van der Waals surface area contributed by atoms with Gasteiger partial charge in [0.25, 0.3) is 11.7 Å². The van der Waals surface area contributed by atoms with Gasteiger partial charge in [0.1, 0.15) is 24.4 Å². The lowest BCUT2D eigenvalue weighted by molar-refractivity contribution is -0.245. The van der Waals surface area contributed by atoms with Crippen LogP contribution in [0.5, 0.6) is 0 Å². The fraction of sp³-hybridized carbons (Fsp3) is 0.760. The first kappa shape index (κ1) is 54.3. The largest absolute Gasteiger partial charge is 0.461 e. The molecule has 13 heteroatoms. The molecule has 3 aliphatic rings. The number of piperidine rings is 1. The number of allylic oxidation sites excluding steroid dienone is 4. The Kier molecular flexibility index (Phi) is 23.1. The zero-order valence-electron chi connectivity index (χ0n) is 39.9. The number of likely N-dealkylation sites (tertiary alicyclic amines) is 1. The van der Waals surface area contributed by atoms with E-state index in [-0.39, 0.29) is 43.9 Å². The second-order valence-corrected chi connectivity index (χ2v) is 18.9. The number of aliphatic hydroxyl groups excluding tert-OH is 3. The number of aliphatic imine (C=N–C) groups is 1. The Morgan fingerprint density at radius 3 is 2.25 bits per heavy atom. The Balaban J connectivity index is 1.77. The van der Waals surface area contributed by atoms with Crippen molar-refractivity contribution in [3.8, 4) is 0 Å². The van der Waals surface area contributed by atoms with Gasteiger partial charge >= 0.3 is 5.97 Å². The zero-order chi connectivity index (χ0) is 46.9. The molecule has 3 rings (SSSR count). The first-order chi connectivity index (χ1) is 29.9. The molecule has 1 amide bonds. The molecule has 0 unspecified atom stereocenters. The van der Waals surface area contributed by atoms with Crippen LogP contribution >= 0.6 is 0 Å². The minimum absolute atomic E-state index is 0.0520. The second-order valence-electron chi connectivity index (χ2n) is 18.9. The monoisotopic (exact) mass is 887 g/mol. The maximum atomic E-state index is 14.2. The van der Waals surface area contributed by atoms with E-state index in [0.717, 1.165) is 37.0 Å². The van der Waals surface area contributed by atoms with Crippen molar-refractivity contribution in [2.75, 3.05) is 27.8 Å². The minimum Gasteiger partial charge on any atom is -0.461 e. The van der Waals surface area contributed by atoms with Crippen LogP contribution in [-0.4, -0.2) is 131 Å². The number of Topliss-reactive ketones (excluding diaryl/α,β-unsaturated/α-hetero) is 1. The third kappa shape index (κ3) is 16.4. The number of carbonyl (C=O) groups excluding carboxylic acids is 3. The average molecular weight is 887 g/mol. The topological polar surface area (TPSA) is 185 Å². The summed E-state index contributed by atoms with van der Waals surface area (Å²) in [5.41, 5.74) is 2.32. The highest BCUT2D eigenvalue weighted by molar-refractivity contribution is 6.39. The molecule has 1 saturated carbocycles. The number of esters is 1. The third-order valence-corrected chi connectivity index (χ3v) is 13.4. The molecule has 0 radical (unpaired) electrons. The predicted octanol–water partition coefficient (Wildman–Crippen LogP) is 6.99. The molecule has 1 aliphatic carbocycles. The Labute approximate surface area is 378 Å². The van der Waals surface area contributed by atoms with Crippen molar-refractivity contribution in [1.82, 2.24) is 4.90 Å². The van der Waals surface area contributed by atoms with Crippen LogP contribution in [0.4, 0.5) is 0 Å². The van der Waals surface area contributed by atoms with Gasteiger partial charge in [0.15, 0.2) is 0 Å².